The SMILES string of the molecule is NC(=NCC1(CN2CCOCC2)CCCCC1)NCCc1ccccc1. The monoisotopic (exact) mass is 358 g/mol. The van der Waals surface area contributed by atoms with E-state index in [1.165, 1.54) is 37.7 Å². The summed E-state index contributed by atoms with van der Waals surface area (Å²) in [4.78, 5) is 7.30. The predicted octanol–water partition coefficient (Wildman–Crippen LogP) is 2.42. The Hall–Kier alpha value is -1.59. The number of aliphatic imine (C=N–C) groups is 1. The molecule has 5 heteroatoms. The lowest BCUT2D eigenvalue weighted by Crippen LogP contribution is -2.46. The number of nitrogens with two attached hydrogens (primary N) is 1. The van der Waals surface area contributed by atoms with Crippen LogP contribution in [-0.4, -0.2) is 56.8 Å². The third kappa shape index (κ3) is 5.99. The van der Waals surface area contributed by atoms with Gasteiger partial charge in [-0.1, -0.05) is 49.6 Å². The normalized spacial score (nSPS) is 21.5. The highest BCUT2D eigenvalue weighted by atomic mass is 16.5. The number of hydrogen-bond acceptors (Lipinski definition) is 3. The van der Waals surface area contributed by atoms with Crippen molar-refractivity contribution in [2.24, 2.45) is 16.1 Å². The van der Waals surface area contributed by atoms with Gasteiger partial charge in [-0.2, -0.15) is 0 Å². The van der Waals surface area contributed by atoms with Gasteiger partial charge in [-0.25, -0.2) is 0 Å². The fraction of sp³-hybridized carbons (Fsp3) is 0.667. The molecule has 0 atom stereocenters. The van der Waals surface area contributed by atoms with E-state index in [0.717, 1.165) is 52.4 Å². The van der Waals surface area contributed by atoms with Gasteiger partial charge in [0.15, 0.2) is 5.96 Å². The number of hydrogen-bond donors (Lipinski definition) is 2. The minimum Gasteiger partial charge on any atom is -0.379 e. The fourth-order valence-corrected chi connectivity index (χ4v) is 4.19. The van der Waals surface area contributed by atoms with E-state index in [1.54, 1.807) is 0 Å². The van der Waals surface area contributed by atoms with E-state index in [9.17, 15) is 0 Å². The summed E-state index contributed by atoms with van der Waals surface area (Å²) in [6.45, 7) is 6.64. The molecule has 1 saturated heterocycles. The lowest BCUT2D eigenvalue weighted by atomic mass is 9.73. The summed E-state index contributed by atoms with van der Waals surface area (Å²) in [6.07, 6.45) is 7.51. The molecule has 0 aromatic heterocycles. The lowest BCUT2D eigenvalue weighted by Gasteiger charge is -2.41. The smallest absolute Gasteiger partial charge is 0.188 e. The maximum atomic E-state index is 6.15. The third-order valence-corrected chi connectivity index (χ3v) is 5.72. The Morgan fingerprint density at radius 2 is 1.85 bits per heavy atom. The van der Waals surface area contributed by atoms with Gasteiger partial charge in [-0.15, -0.1) is 0 Å². The molecule has 0 unspecified atom stereocenters. The number of guanidine groups is 1. The Kier molecular flexibility index (Phi) is 7.32. The van der Waals surface area contributed by atoms with E-state index < -0.39 is 0 Å². The van der Waals surface area contributed by atoms with Crippen molar-refractivity contribution in [1.82, 2.24) is 10.2 Å². The van der Waals surface area contributed by atoms with Gasteiger partial charge in [-0.3, -0.25) is 9.89 Å². The van der Waals surface area contributed by atoms with Crippen molar-refractivity contribution in [2.75, 3.05) is 45.9 Å². The van der Waals surface area contributed by atoms with Crippen LogP contribution in [0.4, 0.5) is 0 Å². The van der Waals surface area contributed by atoms with Gasteiger partial charge in [0.25, 0.3) is 0 Å². The minimum absolute atomic E-state index is 0.293. The molecule has 3 N–H and O–H groups in total. The van der Waals surface area contributed by atoms with Gasteiger partial charge < -0.3 is 15.8 Å². The molecule has 0 radical (unpaired) electrons. The number of nitrogens with zero attached hydrogens (tertiary/aromatic N) is 2. The molecule has 26 heavy (non-hydrogen) atoms. The molecule has 1 aliphatic carbocycles. The number of nitrogens with one attached hydrogen (secondary N) is 1. The summed E-state index contributed by atoms with van der Waals surface area (Å²) in [7, 11) is 0. The van der Waals surface area contributed by atoms with Crippen LogP contribution in [0.5, 0.6) is 0 Å². The van der Waals surface area contributed by atoms with Gasteiger partial charge >= 0.3 is 0 Å². The van der Waals surface area contributed by atoms with Crippen LogP contribution >= 0.6 is 0 Å². The molecule has 1 saturated carbocycles. The average Bonchev–Trinajstić information content (AvgIpc) is 2.69. The van der Waals surface area contributed by atoms with Crippen LogP contribution in [0.3, 0.4) is 0 Å². The Balaban J connectivity index is 1.49. The van der Waals surface area contributed by atoms with Crippen molar-refractivity contribution in [2.45, 2.75) is 38.5 Å². The molecule has 2 fully saturated rings. The summed E-state index contributed by atoms with van der Waals surface area (Å²) < 4.78 is 5.50. The van der Waals surface area contributed by atoms with E-state index in [0.29, 0.717) is 11.4 Å². The second kappa shape index (κ2) is 9.93. The van der Waals surface area contributed by atoms with Crippen molar-refractivity contribution in [1.29, 1.82) is 0 Å². The van der Waals surface area contributed by atoms with Crippen molar-refractivity contribution >= 4 is 5.96 Å². The van der Waals surface area contributed by atoms with Gasteiger partial charge in [0.2, 0.25) is 0 Å². The van der Waals surface area contributed by atoms with Crippen LogP contribution < -0.4 is 11.1 Å². The van der Waals surface area contributed by atoms with Crippen LogP contribution in [0.2, 0.25) is 0 Å². The first kappa shape index (κ1) is 19.2. The largest absolute Gasteiger partial charge is 0.379 e. The van der Waals surface area contributed by atoms with Gasteiger partial charge in [0, 0.05) is 38.1 Å². The number of ether oxygens (including phenoxy) is 1. The van der Waals surface area contributed by atoms with Crippen molar-refractivity contribution < 1.29 is 4.74 Å². The van der Waals surface area contributed by atoms with E-state index >= 15 is 0 Å². The molecule has 2 aliphatic rings. The molecular weight excluding hydrogens is 324 g/mol. The summed E-state index contributed by atoms with van der Waals surface area (Å²) in [5.74, 6) is 0.591. The summed E-state index contributed by atoms with van der Waals surface area (Å²) in [6, 6.07) is 10.5. The Labute approximate surface area is 158 Å². The summed E-state index contributed by atoms with van der Waals surface area (Å²) in [5.41, 5.74) is 7.77. The Bertz CT molecular complexity index is 548. The zero-order chi connectivity index (χ0) is 18.1. The topological polar surface area (TPSA) is 62.9 Å². The van der Waals surface area contributed by atoms with Crippen LogP contribution in [0, 0.1) is 5.41 Å². The molecule has 3 rings (SSSR count). The van der Waals surface area contributed by atoms with E-state index in [2.05, 4.69) is 34.5 Å². The molecule has 144 valence electrons. The highest BCUT2D eigenvalue weighted by Crippen LogP contribution is 2.37. The minimum atomic E-state index is 0.293. The summed E-state index contributed by atoms with van der Waals surface area (Å²) >= 11 is 0. The zero-order valence-corrected chi connectivity index (χ0v) is 16.0. The molecule has 0 amide bonds. The highest BCUT2D eigenvalue weighted by Gasteiger charge is 2.34. The van der Waals surface area contributed by atoms with E-state index in [4.69, 9.17) is 15.5 Å². The number of benzene rings is 1. The Morgan fingerprint density at radius 3 is 2.58 bits per heavy atom. The molecule has 1 aromatic rings. The molecule has 0 spiro atoms. The standard InChI is InChI=1S/C21H34N4O/c22-20(23-12-9-19-7-3-1-4-8-19)24-17-21(10-5-2-6-11-21)18-25-13-15-26-16-14-25/h1,3-4,7-8H,2,5-6,9-18H2,(H3,22,23,24). The van der Waals surface area contributed by atoms with Crippen molar-refractivity contribution in [3.8, 4) is 0 Å². The quantitative estimate of drug-likeness (QED) is 0.580. The predicted molar refractivity (Wildman–Crippen MR) is 107 cm³/mol. The van der Waals surface area contributed by atoms with E-state index in [-0.39, 0.29) is 0 Å². The maximum Gasteiger partial charge on any atom is 0.188 e. The number of rotatable bonds is 7. The number of morpholine rings is 1. The molecule has 1 aromatic carbocycles. The first-order valence-electron chi connectivity index (χ1n) is 10.1. The van der Waals surface area contributed by atoms with Crippen molar-refractivity contribution in [3.05, 3.63) is 35.9 Å². The second-order valence-electron chi connectivity index (χ2n) is 7.81. The van der Waals surface area contributed by atoms with Gasteiger partial charge in [-0.05, 0) is 24.8 Å². The van der Waals surface area contributed by atoms with E-state index in [1.807, 2.05) is 6.07 Å². The Morgan fingerprint density at radius 1 is 1.12 bits per heavy atom. The molecule has 1 heterocycles. The lowest BCUT2D eigenvalue weighted by molar-refractivity contribution is 0.00939. The van der Waals surface area contributed by atoms with Crippen molar-refractivity contribution in [3.63, 3.8) is 0 Å². The summed E-state index contributed by atoms with van der Waals surface area (Å²) in [5, 5.41) is 3.29. The van der Waals surface area contributed by atoms with Gasteiger partial charge in [0.1, 0.15) is 0 Å². The molecular formula is C21H34N4O. The average molecular weight is 359 g/mol. The second-order valence-corrected chi connectivity index (χ2v) is 7.81. The zero-order valence-electron chi connectivity index (χ0n) is 16.0. The third-order valence-electron chi connectivity index (χ3n) is 5.72. The van der Waals surface area contributed by atoms with Crippen LogP contribution in [0.25, 0.3) is 0 Å². The van der Waals surface area contributed by atoms with Crippen LogP contribution in [0.15, 0.2) is 35.3 Å². The maximum absolute atomic E-state index is 6.15. The van der Waals surface area contributed by atoms with Crippen LogP contribution in [-0.2, 0) is 11.2 Å². The first-order chi connectivity index (χ1) is 12.8. The van der Waals surface area contributed by atoms with Crippen LogP contribution in [0.1, 0.15) is 37.7 Å². The highest BCUT2D eigenvalue weighted by molar-refractivity contribution is 5.77. The molecule has 1 aliphatic heterocycles. The fourth-order valence-electron chi connectivity index (χ4n) is 4.19. The molecule has 5 nitrogen and oxygen atoms in total. The van der Waals surface area contributed by atoms with Gasteiger partial charge in [0.05, 0.1) is 13.2 Å². The first-order valence-corrected chi connectivity index (χ1v) is 10.1. The molecule has 0 bridgehead atoms.